The van der Waals surface area contributed by atoms with Crippen molar-refractivity contribution in [1.82, 2.24) is 10.3 Å². The Balaban J connectivity index is 1.97. The topological polar surface area (TPSA) is 68.1 Å². The monoisotopic (exact) mass is 355 g/mol. The molecule has 0 bridgehead atoms. The molecule has 20 heavy (non-hydrogen) atoms. The summed E-state index contributed by atoms with van der Waals surface area (Å²) < 4.78 is 0.841. The van der Waals surface area contributed by atoms with Crippen LogP contribution in [0.1, 0.15) is 23.4 Å². The van der Waals surface area contributed by atoms with Crippen LogP contribution in [0.4, 0.5) is 5.69 Å². The lowest BCUT2D eigenvalue weighted by Gasteiger charge is -2.10. The highest BCUT2D eigenvalue weighted by Gasteiger charge is 2.14. The van der Waals surface area contributed by atoms with Crippen molar-refractivity contribution in [2.75, 3.05) is 6.54 Å². The van der Waals surface area contributed by atoms with E-state index in [1.807, 2.05) is 5.38 Å². The van der Waals surface area contributed by atoms with Gasteiger partial charge in [-0.3, -0.25) is 10.1 Å². The van der Waals surface area contributed by atoms with Crippen LogP contribution < -0.4 is 5.32 Å². The lowest BCUT2D eigenvalue weighted by Crippen LogP contribution is -2.20. The van der Waals surface area contributed by atoms with E-state index < -0.39 is 0 Å². The van der Waals surface area contributed by atoms with Crippen LogP contribution in [0, 0.1) is 10.1 Å². The summed E-state index contributed by atoms with van der Waals surface area (Å²) >= 11 is 4.96. The molecule has 0 aliphatic heterocycles. The molecule has 1 heterocycles. The number of hydrogen-bond donors (Lipinski definition) is 1. The molecule has 1 aromatic carbocycles. The highest BCUT2D eigenvalue weighted by atomic mass is 79.9. The molecule has 0 fully saturated rings. The molecule has 2 rings (SSSR count). The van der Waals surface area contributed by atoms with Crippen LogP contribution in [0.25, 0.3) is 0 Å². The summed E-state index contributed by atoms with van der Waals surface area (Å²) in [5.41, 5.74) is 0.818. The van der Waals surface area contributed by atoms with E-state index in [2.05, 4.69) is 33.2 Å². The first-order valence-corrected chi connectivity index (χ1v) is 7.78. The number of halogens is 1. The fourth-order valence-corrected chi connectivity index (χ4v) is 2.97. The molecule has 0 saturated heterocycles. The zero-order chi connectivity index (χ0) is 14.5. The van der Waals surface area contributed by atoms with Crippen LogP contribution in [-0.2, 0) is 6.54 Å². The van der Waals surface area contributed by atoms with Crippen molar-refractivity contribution >= 4 is 33.0 Å². The zero-order valence-corrected chi connectivity index (χ0v) is 13.3. The predicted octanol–water partition coefficient (Wildman–Crippen LogP) is 3.71. The lowest BCUT2D eigenvalue weighted by atomic mass is 10.1. The van der Waals surface area contributed by atoms with E-state index in [-0.39, 0.29) is 10.6 Å². The van der Waals surface area contributed by atoms with Crippen LogP contribution in [0.2, 0.25) is 0 Å². The minimum atomic E-state index is -0.353. The molecule has 0 spiro atoms. The Bertz CT molecular complexity index is 589. The summed E-state index contributed by atoms with van der Waals surface area (Å²) in [6.45, 7) is 3.28. The number of hydrogen-bond acceptors (Lipinski definition) is 5. The fourth-order valence-electron chi connectivity index (χ4n) is 1.86. The van der Waals surface area contributed by atoms with E-state index in [1.165, 1.54) is 6.07 Å². The van der Waals surface area contributed by atoms with Gasteiger partial charge < -0.3 is 5.32 Å². The van der Waals surface area contributed by atoms with Gasteiger partial charge in [-0.15, -0.1) is 11.3 Å². The second kappa shape index (κ2) is 6.92. The second-order valence-corrected chi connectivity index (χ2v) is 6.27. The summed E-state index contributed by atoms with van der Waals surface area (Å²) in [5, 5.41) is 17.2. The van der Waals surface area contributed by atoms with Crippen LogP contribution in [-0.4, -0.2) is 16.5 Å². The zero-order valence-electron chi connectivity index (χ0n) is 10.9. The van der Waals surface area contributed by atoms with Crippen LogP contribution in [0.15, 0.2) is 34.2 Å². The third kappa shape index (κ3) is 3.84. The minimum absolute atomic E-state index is 0.141. The Labute approximate surface area is 129 Å². The van der Waals surface area contributed by atoms with Gasteiger partial charge >= 0.3 is 0 Å². The fraction of sp³-hybridized carbons (Fsp3) is 0.308. The van der Waals surface area contributed by atoms with E-state index in [9.17, 15) is 10.1 Å². The summed E-state index contributed by atoms with van der Waals surface area (Å²) in [7, 11) is 0. The molecule has 106 valence electrons. The van der Waals surface area contributed by atoms with Gasteiger partial charge in [0, 0.05) is 46.7 Å². The number of nitrogens with zero attached hydrogens (tertiary/aromatic N) is 2. The predicted molar refractivity (Wildman–Crippen MR) is 83.0 cm³/mol. The number of nitro benzene ring substituents is 1. The molecule has 1 atom stereocenters. The Kier molecular flexibility index (Phi) is 5.22. The molecule has 5 nitrogen and oxygen atoms in total. The standard InChI is InChI=1S/C13H14BrN3O2S/c1-9(13-16-4-5-20-13)7-15-8-10-6-11(14)2-3-12(10)17(18)19/h2-6,9,15H,7-8H2,1H3. The molecule has 0 aliphatic rings. The molecule has 0 aliphatic carbocycles. The molecule has 7 heteroatoms. The van der Waals surface area contributed by atoms with Crippen molar-refractivity contribution in [2.24, 2.45) is 0 Å². The Morgan fingerprint density at radius 3 is 3.00 bits per heavy atom. The molecule has 0 amide bonds. The SMILES string of the molecule is CC(CNCc1cc(Br)ccc1[N+](=O)[O-])c1nccs1. The molecular weight excluding hydrogens is 342 g/mol. The van der Waals surface area contributed by atoms with E-state index in [4.69, 9.17) is 0 Å². The maximum absolute atomic E-state index is 11.0. The first kappa shape index (κ1) is 15.1. The molecule has 1 aromatic heterocycles. The Morgan fingerprint density at radius 2 is 2.35 bits per heavy atom. The van der Waals surface area contributed by atoms with Gasteiger partial charge in [0.15, 0.2) is 0 Å². The molecule has 0 radical (unpaired) electrons. The number of thiazole rings is 1. The number of nitrogens with one attached hydrogen (secondary N) is 1. The summed E-state index contributed by atoms with van der Waals surface area (Å²) in [5.74, 6) is 0.293. The summed E-state index contributed by atoms with van der Waals surface area (Å²) in [6.07, 6.45) is 1.79. The highest BCUT2D eigenvalue weighted by molar-refractivity contribution is 9.10. The highest BCUT2D eigenvalue weighted by Crippen LogP contribution is 2.23. The van der Waals surface area contributed by atoms with Gasteiger partial charge in [-0.25, -0.2) is 4.98 Å². The van der Waals surface area contributed by atoms with Gasteiger partial charge in [0.2, 0.25) is 0 Å². The minimum Gasteiger partial charge on any atom is -0.312 e. The second-order valence-electron chi connectivity index (χ2n) is 4.43. The third-order valence-electron chi connectivity index (χ3n) is 2.88. The Morgan fingerprint density at radius 1 is 1.55 bits per heavy atom. The Hall–Kier alpha value is -1.31. The quantitative estimate of drug-likeness (QED) is 0.633. The molecular formula is C13H14BrN3O2S. The van der Waals surface area contributed by atoms with E-state index in [0.29, 0.717) is 18.0 Å². The third-order valence-corrected chi connectivity index (χ3v) is 4.38. The summed E-state index contributed by atoms with van der Waals surface area (Å²) in [4.78, 5) is 14.9. The van der Waals surface area contributed by atoms with Crippen molar-refractivity contribution in [3.8, 4) is 0 Å². The largest absolute Gasteiger partial charge is 0.312 e. The van der Waals surface area contributed by atoms with Crippen molar-refractivity contribution in [2.45, 2.75) is 19.4 Å². The first-order valence-electron chi connectivity index (χ1n) is 6.11. The van der Waals surface area contributed by atoms with Gasteiger partial charge in [-0.2, -0.15) is 0 Å². The maximum atomic E-state index is 11.0. The molecule has 0 saturated carbocycles. The average molecular weight is 356 g/mol. The van der Waals surface area contributed by atoms with Crippen LogP contribution in [0.3, 0.4) is 0 Å². The lowest BCUT2D eigenvalue weighted by molar-refractivity contribution is -0.385. The smallest absolute Gasteiger partial charge is 0.273 e. The van der Waals surface area contributed by atoms with E-state index in [0.717, 1.165) is 16.0 Å². The van der Waals surface area contributed by atoms with Gasteiger partial charge in [-0.1, -0.05) is 22.9 Å². The van der Waals surface area contributed by atoms with Crippen molar-refractivity contribution in [3.05, 3.63) is 54.9 Å². The van der Waals surface area contributed by atoms with Crippen LogP contribution in [0.5, 0.6) is 0 Å². The first-order chi connectivity index (χ1) is 9.58. The van der Waals surface area contributed by atoms with Gasteiger partial charge in [-0.05, 0) is 12.1 Å². The van der Waals surface area contributed by atoms with Gasteiger partial charge in [0.1, 0.15) is 0 Å². The van der Waals surface area contributed by atoms with Crippen molar-refractivity contribution in [3.63, 3.8) is 0 Å². The number of nitro groups is 1. The van der Waals surface area contributed by atoms with Crippen LogP contribution >= 0.6 is 27.3 Å². The normalized spacial score (nSPS) is 12.3. The average Bonchev–Trinajstić information content (AvgIpc) is 2.92. The summed E-state index contributed by atoms with van der Waals surface area (Å²) in [6, 6.07) is 4.98. The van der Waals surface area contributed by atoms with Gasteiger partial charge in [0.25, 0.3) is 5.69 Å². The molecule has 2 aromatic rings. The van der Waals surface area contributed by atoms with Crippen molar-refractivity contribution < 1.29 is 4.92 Å². The van der Waals surface area contributed by atoms with Crippen molar-refractivity contribution in [1.29, 1.82) is 0 Å². The van der Waals surface area contributed by atoms with Gasteiger partial charge in [0.05, 0.1) is 9.93 Å². The number of aromatic nitrogens is 1. The molecule has 1 N–H and O–H groups in total. The maximum Gasteiger partial charge on any atom is 0.273 e. The van der Waals surface area contributed by atoms with E-state index in [1.54, 1.807) is 29.7 Å². The van der Waals surface area contributed by atoms with E-state index >= 15 is 0 Å². The number of rotatable bonds is 6. The number of benzene rings is 1. The molecule has 1 unspecified atom stereocenters.